The van der Waals surface area contributed by atoms with Crippen molar-refractivity contribution >= 4 is 11.8 Å². The number of carbonyl (C=O) groups excluding carboxylic acids is 1. The average Bonchev–Trinajstić information content (AvgIpc) is 2.82. The Labute approximate surface area is 188 Å². The lowest BCUT2D eigenvalue weighted by Crippen LogP contribution is -2.46. The molecule has 1 atom stereocenters. The average molecular weight is 440 g/mol. The molecule has 0 bridgehead atoms. The van der Waals surface area contributed by atoms with E-state index in [1.54, 1.807) is 24.3 Å². The number of urea groups is 1. The second-order valence-electron chi connectivity index (χ2n) is 7.61. The summed E-state index contributed by atoms with van der Waals surface area (Å²) in [5.41, 5.74) is 0.601. The molecular formula is C25H20N4O4. The summed E-state index contributed by atoms with van der Waals surface area (Å²) in [6.45, 7) is 0.197. The second-order valence-corrected chi connectivity index (χ2v) is 7.61. The third-order valence-corrected chi connectivity index (χ3v) is 5.39. The molecule has 0 saturated carbocycles. The fourth-order valence-corrected chi connectivity index (χ4v) is 3.88. The molecule has 1 aliphatic rings. The lowest BCUT2D eigenvalue weighted by molar-refractivity contribution is 0.248. The number of aromatic amines is 1. The first-order valence-electron chi connectivity index (χ1n) is 10.4. The van der Waals surface area contributed by atoms with Crippen LogP contribution in [-0.4, -0.2) is 15.6 Å². The minimum Gasteiger partial charge on any atom is -0.457 e. The Balaban J connectivity index is 1.58. The van der Waals surface area contributed by atoms with Crippen molar-refractivity contribution in [2.45, 2.75) is 12.6 Å². The summed E-state index contributed by atoms with van der Waals surface area (Å²) in [7, 11) is 0. The molecule has 164 valence electrons. The number of nitrogens with one attached hydrogen (secondary N) is 3. The number of hydrogen-bond donors (Lipinski definition) is 3. The van der Waals surface area contributed by atoms with E-state index in [1.165, 1.54) is 4.57 Å². The third kappa shape index (κ3) is 4.14. The van der Waals surface area contributed by atoms with E-state index in [4.69, 9.17) is 4.74 Å². The zero-order chi connectivity index (χ0) is 22.8. The topological polar surface area (TPSA) is 105 Å². The van der Waals surface area contributed by atoms with Gasteiger partial charge in [-0.2, -0.15) is 0 Å². The standard InChI is InChI=1S/C25H20N4O4/c30-23-20-21(17-10-7-13-19(14-17)33-18-11-5-2-6-12-18)26-24(31)27-22(20)29(25(32)28-23)15-16-8-3-1-4-9-16/h1-14,21H,15H2,(H2,26,27,31)(H,28,30,32). The maximum atomic E-state index is 12.9. The molecule has 8 nitrogen and oxygen atoms in total. The molecular weight excluding hydrogens is 420 g/mol. The molecule has 1 aromatic heterocycles. The van der Waals surface area contributed by atoms with Crippen LogP contribution in [0.2, 0.25) is 0 Å². The van der Waals surface area contributed by atoms with E-state index in [1.807, 2.05) is 60.7 Å². The van der Waals surface area contributed by atoms with Crippen LogP contribution in [0.1, 0.15) is 22.7 Å². The highest BCUT2D eigenvalue weighted by Crippen LogP contribution is 2.31. The second kappa shape index (κ2) is 8.51. The van der Waals surface area contributed by atoms with Gasteiger partial charge in [0.2, 0.25) is 0 Å². The van der Waals surface area contributed by atoms with Crippen molar-refractivity contribution in [3.63, 3.8) is 0 Å². The Kier molecular flexibility index (Phi) is 5.24. The Morgan fingerprint density at radius 2 is 1.52 bits per heavy atom. The van der Waals surface area contributed by atoms with Gasteiger partial charge in [0.05, 0.1) is 18.2 Å². The smallest absolute Gasteiger partial charge is 0.330 e. The first kappa shape index (κ1) is 20.3. The van der Waals surface area contributed by atoms with Crippen molar-refractivity contribution in [1.29, 1.82) is 0 Å². The predicted octanol–water partition coefficient (Wildman–Crippen LogP) is 3.60. The molecule has 0 fully saturated rings. The fraction of sp³-hybridized carbons (Fsp3) is 0.0800. The number of nitrogens with zero attached hydrogens (tertiary/aromatic N) is 1. The van der Waals surface area contributed by atoms with E-state index in [0.29, 0.717) is 17.1 Å². The molecule has 33 heavy (non-hydrogen) atoms. The van der Waals surface area contributed by atoms with E-state index in [2.05, 4.69) is 15.6 Å². The molecule has 5 rings (SSSR count). The van der Waals surface area contributed by atoms with Crippen LogP contribution in [0.15, 0.2) is 94.5 Å². The van der Waals surface area contributed by atoms with Gasteiger partial charge in [-0.3, -0.25) is 19.7 Å². The van der Waals surface area contributed by atoms with Crippen molar-refractivity contribution in [3.05, 3.63) is 122 Å². The number of carbonyl (C=O) groups is 1. The highest BCUT2D eigenvalue weighted by Gasteiger charge is 2.31. The quantitative estimate of drug-likeness (QED) is 0.441. The first-order chi connectivity index (χ1) is 16.1. The van der Waals surface area contributed by atoms with Gasteiger partial charge in [-0.15, -0.1) is 0 Å². The van der Waals surface area contributed by atoms with Crippen molar-refractivity contribution in [1.82, 2.24) is 14.9 Å². The van der Waals surface area contributed by atoms with Crippen LogP contribution >= 0.6 is 0 Å². The number of H-pyrrole nitrogens is 1. The number of benzene rings is 3. The van der Waals surface area contributed by atoms with Gasteiger partial charge in [0.1, 0.15) is 17.3 Å². The van der Waals surface area contributed by atoms with Crippen LogP contribution in [-0.2, 0) is 6.54 Å². The molecule has 1 aliphatic heterocycles. The molecule has 3 N–H and O–H groups in total. The van der Waals surface area contributed by atoms with Crippen LogP contribution in [0.3, 0.4) is 0 Å². The number of para-hydroxylation sites is 1. The highest BCUT2D eigenvalue weighted by atomic mass is 16.5. The first-order valence-corrected chi connectivity index (χ1v) is 10.4. The largest absolute Gasteiger partial charge is 0.457 e. The van der Waals surface area contributed by atoms with Gasteiger partial charge in [0, 0.05) is 0 Å². The number of amides is 2. The third-order valence-electron chi connectivity index (χ3n) is 5.39. The van der Waals surface area contributed by atoms with E-state index < -0.39 is 23.3 Å². The monoisotopic (exact) mass is 440 g/mol. The van der Waals surface area contributed by atoms with Crippen molar-refractivity contribution in [3.8, 4) is 11.5 Å². The molecule has 0 spiro atoms. The number of rotatable bonds is 5. The number of ether oxygens (including phenoxy) is 1. The zero-order valence-corrected chi connectivity index (χ0v) is 17.4. The molecule has 2 amide bonds. The van der Waals surface area contributed by atoms with Crippen LogP contribution in [0, 0.1) is 0 Å². The van der Waals surface area contributed by atoms with Crippen LogP contribution < -0.4 is 26.6 Å². The summed E-state index contributed by atoms with van der Waals surface area (Å²) < 4.78 is 7.27. The molecule has 1 unspecified atom stereocenters. The lowest BCUT2D eigenvalue weighted by atomic mass is 9.98. The number of hydrogen-bond acceptors (Lipinski definition) is 4. The minimum atomic E-state index is -0.764. The molecule has 0 saturated heterocycles. The Hall–Kier alpha value is -4.59. The summed E-state index contributed by atoms with van der Waals surface area (Å²) >= 11 is 0. The number of fused-ring (bicyclic) bond motifs is 1. The Morgan fingerprint density at radius 1 is 0.818 bits per heavy atom. The van der Waals surface area contributed by atoms with E-state index in [-0.39, 0.29) is 17.9 Å². The molecule has 8 heteroatoms. The van der Waals surface area contributed by atoms with Crippen molar-refractivity contribution in [2.75, 3.05) is 5.32 Å². The van der Waals surface area contributed by atoms with Crippen molar-refractivity contribution < 1.29 is 9.53 Å². The predicted molar refractivity (Wildman–Crippen MR) is 124 cm³/mol. The van der Waals surface area contributed by atoms with Gasteiger partial charge in [-0.1, -0.05) is 60.7 Å². The molecule has 2 heterocycles. The summed E-state index contributed by atoms with van der Waals surface area (Å²) in [6.07, 6.45) is 0. The van der Waals surface area contributed by atoms with Crippen molar-refractivity contribution in [2.24, 2.45) is 0 Å². The van der Waals surface area contributed by atoms with Gasteiger partial charge in [0.15, 0.2) is 0 Å². The highest BCUT2D eigenvalue weighted by molar-refractivity contribution is 5.92. The number of aromatic nitrogens is 2. The molecule has 0 aliphatic carbocycles. The maximum absolute atomic E-state index is 12.9. The van der Waals surface area contributed by atoms with Crippen LogP contribution in [0.5, 0.6) is 11.5 Å². The van der Waals surface area contributed by atoms with Gasteiger partial charge in [-0.05, 0) is 35.4 Å². The summed E-state index contributed by atoms with van der Waals surface area (Å²) in [6, 6.07) is 24.5. The summed E-state index contributed by atoms with van der Waals surface area (Å²) in [5, 5.41) is 5.44. The normalized spacial score (nSPS) is 14.7. The molecule has 3 aromatic carbocycles. The summed E-state index contributed by atoms with van der Waals surface area (Å²) in [5.74, 6) is 1.40. The van der Waals surface area contributed by atoms with Crippen LogP contribution in [0.4, 0.5) is 10.6 Å². The maximum Gasteiger partial charge on any atom is 0.330 e. The number of anilines is 1. The SMILES string of the molecule is O=C1Nc2c(c(=O)[nH]c(=O)n2Cc2ccccc2)C(c2cccc(Oc3ccccc3)c2)N1. The van der Waals surface area contributed by atoms with Gasteiger partial charge < -0.3 is 10.1 Å². The van der Waals surface area contributed by atoms with Gasteiger partial charge in [0.25, 0.3) is 5.56 Å². The molecule has 0 radical (unpaired) electrons. The molecule has 4 aromatic rings. The minimum absolute atomic E-state index is 0.177. The van der Waals surface area contributed by atoms with Gasteiger partial charge >= 0.3 is 11.7 Å². The Bertz CT molecular complexity index is 1430. The Morgan fingerprint density at radius 3 is 2.27 bits per heavy atom. The van der Waals surface area contributed by atoms with Gasteiger partial charge in [-0.25, -0.2) is 9.59 Å². The summed E-state index contributed by atoms with van der Waals surface area (Å²) in [4.78, 5) is 40.4. The van der Waals surface area contributed by atoms with E-state index in [9.17, 15) is 14.4 Å². The van der Waals surface area contributed by atoms with E-state index in [0.717, 1.165) is 5.56 Å². The lowest BCUT2D eigenvalue weighted by Gasteiger charge is -2.28. The van der Waals surface area contributed by atoms with Crippen LogP contribution in [0.25, 0.3) is 0 Å². The fourth-order valence-electron chi connectivity index (χ4n) is 3.88. The zero-order valence-electron chi connectivity index (χ0n) is 17.4. The van der Waals surface area contributed by atoms with E-state index >= 15 is 0 Å².